The van der Waals surface area contributed by atoms with Crippen LogP contribution >= 0.6 is 0 Å². The van der Waals surface area contributed by atoms with Gasteiger partial charge in [0.15, 0.2) is 0 Å². The molecule has 2 rings (SSSR count). The smallest absolute Gasteiger partial charge is 0.331 e. The minimum atomic E-state index is -1.28. The van der Waals surface area contributed by atoms with Crippen molar-refractivity contribution >= 4 is 16.8 Å². The second-order valence-electron chi connectivity index (χ2n) is 3.91. The molecule has 0 heterocycles. The zero-order valence-corrected chi connectivity index (χ0v) is 10.5. The van der Waals surface area contributed by atoms with Crippen LogP contribution in [0.25, 0.3) is 0 Å². The van der Waals surface area contributed by atoms with E-state index in [-0.39, 0.29) is 0 Å². The van der Waals surface area contributed by atoms with E-state index in [1.807, 2.05) is 18.2 Å². The van der Waals surface area contributed by atoms with Crippen LogP contribution in [0.2, 0.25) is 0 Å². The number of hydrogen-bond donors (Lipinski definition) is 0. The Morgan fingerprint density at radius 1 is 1.35 bits per heavy atom. The average molecular weight is 250 g/mol. The van der Waals surface area contributed by atoms with Gasteiger partial charge < -0.3 is 4.74 Å². The van der Waals surface area contributed by atoms with E-state index in [1.165, 1.54) is 36.1 Å². The van der Waals surface area contributed by atoms with Crippen molar-refractivity contribution in [3.05, 3.63) is 40.8 Å². The maximum Gasteiger partial charge on any atom is 0.331 e. The summed E-state index contributed by atoms with van der Waals surface area (Å²) in [5.74, 6) is -0.487. The summed E-state index contributed by atoms with van der Waals surface area (Å²) in [4.78, 5) is 11.6. The summed E-state index contributed by atoms with van der Waals surface area (Å²) in [5.41, 5.74) is 2.63. The Morgan fingerprint density at radius 2 is 2.12 bits per heavy atom. The lowest BCUT2D eigenvalue weighted by Crippen LogP contribution is -1.96. The van der Waals surface area contributed by atoms with Crippen LogP contribution in [0.5, 0.6) is 0 Å². The number of carbonyl (C=O) groups excluding carboxylic acids is 1. The molecule has 0 spiro atoms. The number of aryl methyl sites for hydroxylation is 2. The SMILES string of the molecule is COC(=O)/C=C/S(=O)c1ccc2c(c1)CCC2. The second-order valence-corrected chi connectivity index (χ2v) is 5.25. The fourth-order valence-electron chi connectivity index (χ4n) is 1.94. The van der Waals surface area contributed by atoms with Crippen LogP contribution in [0.4, 0.5) is 0 Å². The lowest BCUT2D eigenvalue weighted by Gasteiger charge is -2.01. The zero-order chi connectivity index (χ0) is 12.3. The van der Waals surface area contributed by atoms with Gasteiger partial charge in [-0.25, -0.2) is 9.00 Å². The zero-order valence-electron chi connectivity index (χ0n) is 9.64. The predicted octanol–water partition coefficient (Wildman–Crippen LogP) is 1.97. The number of ether oxygens (including phenoxy) is 1. The van der Waals surface area contributed by atoms with E-state index in [0.29, 0.717) is 0 Å². The molecule has 1 aliphatic carbocycles. The Labute approximate surface area is 103 Å². The highest BCUT2D eigenvalue weighted by molar-refractivity contribution is 7.88. The molecule has 0 saturated carbocycles. The Hall–Kier alpha value is -1.42. The van der Waals surface area contributed by atoms with Gasteiger partial charge in [0, 0.05) is 16.4 Å². The van der Waals surface area contributed by atoms with E-state index in [0.717, 1.165) is 17.7 Å². The fraction of sp³-hybridized carbons (Fsp3) is 0.308. The maximum atomic E-state index is 11.9. The molecule has 0 aliphatic heterocycles. The van der Waals surface area contributed by atoms with Crippen molar-refractivity contribution in [2.45, 2.75) is 24.2 Å². The van der Waals surface area contributed by atoms with Crippen LogP contribution in [0, 0.1) is 0 Å². The number of esters is 1. The van der Waals surface area contributed by atoms with Gasteiger partial charge in [-0.15, -0.1) is 0 Å². The number of benzene rings is 1. The van der Waals surface area contributed by atoms with Crippen molar-refractivity contribution in [2.24, 2.45) is 0 Å². The summed E-state index contributed by atoms with van der Waals surface area (Å²) in [6.45, 7) is 0. The first-order valence-corrected chi connectivity index (χ1v) is 6.70. The average Bonchev–Trinajstić information content (AvgIpc) is 2.82. The second kappa shape index (κ2) is 5.27. The maximum absolute atomic E-state index is 11.9. The lowest BCUT2D eigenvalue weighted by molar-refractivity contribution is -0.134. The first kappa shape index (κ1) is 12.0. The molecule has 0 radical (unpaired) electrons. The molecule has 0 amide bonds. The van der Waals surface area contributed by atoms with Crippen molar-refractivity contribution in [1.82, 2.24) is 0 Å². The van der Waals surface area contributed by atoms with E-state index in [2.05, 4.69) is 4.74 Å². The number of hydrogen-bond acceptors (Lipinski definition) is 3. The predicted molar refractivity (Wildman–Crippen MR) is 66.0 cm³/mol. The number of fused-ring (bicyclic) bond motifs is 1. The highest BCUT2D eigenvalue weighted by atomic mass is 32.2. The van der Waals surface area contributed by atoms with Crippen LogP contribution in [0.15, 0.2) is 34.6 Å². The molecule has 0 saturated heterocycles. The third-order valence-electron chi connectivity index (χ3n) is 2.83. The normalized spacial score (nSPS) is 15.8. The molecule has 17 heavy (non-hydrogen) atoms. The number of methoxy groups -OCH3 is 1. The molecule has 0 aromatic heterocycles. The van der Waals surface area contributed by atoms with Crippen LogP contribution in [0.3, 0.4) is 0 Å². The summed E-state index contributed by atoms with van der Waals surface area (Å²) in [6, 6.07) is 5.86. The van der Waals surface area contributed by atoms with E-state index < -0.39 is 16.8 Å². The molecule has 3 nitrogen and oxygen atoms in total. The molecule has 0 N–H and O–H groups in total. The lowest BCUT2D eigenvalue weighted by atomic mass is 10.1. The molecule has 4 heteroatoms. The van der Waals surface area contributed by atoms with Gasteiger partial charge in [-0.1, -0.05) is 6.07 Å². The van der Waals surface area contributed by atoms with Gasteiger partial charge in [-0.3, -0.25) is 0 Å². The Balaban J connectivity index is 2.15. The van der Waals surface area contributed by atoms with Crippen LogP contribution in [-0.4, -0.2) is 17.3 Å². The third kappa shape index (κ3) is 2.82. The van der Waals surface area contributed by atoms with E-state index >= 15 is 0 Å². The van der Waals surface area contributed by atoms with Gasteiger partial charge in [0.2, 0.25) is 0 Å². The van der Waals surface area contributed by atoms with Gasteiger partial charge >= 0.3 is 5.97 Å². The highest BCUT2D eigenvalue weighted by Gasteiger charge is 2.12. The summed E-state index contributed by atoms with van der Waals surface area (Å²) in [7, 11) is 0.0173. The summed E-state index contributed by atoms with van der Waals surface area (Å²) in [5, 5.41) is 1.36. The van der Waals surface area contributed by atoms with Crippen molar-refractivity contribution in [3.63, 3.8) is 0 Å². The van der Waals surface area contributed by atoms with E-state index in [4.69, 9.17) is 0 Å². The largest absolute Gasteiger partial charge is 0.466 e. The molecule has 1 aromatic carbocycles. The first-order valence-electron chi connectivity index (χ1n) is 5.49. The van der Waals surface area contributed by atoms with Crippen LogP contribution in [-0.2, 0) is 33.2 Å². The van der Waals surface area contributed by atoms with Crippen LogP contribution < -0.4 is 0 Å². The van der Waals surface area contributed by atoms with Gasteiger partial charge in [0.05, 0.1) is 17.9 Å². The molecular weight excluding hydrogens is 236 g/mol. The highest BCUT2D eigenvalue weighted by Crippen LogP contribution is 2.24. The minimum absolute atomic E-state index is 0.487. The minimum Gasteiger partial charge on any atom is -0.466 e. The quantitative estimate of drug-likeness (QED) is 0.608. The van der Waals surface area contributed by atoms with Gasteiger partial charge in [-0.05, 0) is 42.5 Å². The third-order valence-corrected chi connectivity index (χ3v) is 3.93. The van der Waals surface area contributed by atoms with Crippen molar-refractivity contribution in [1.29, 1.82) is 0 Å². The molecule has 1 aromatic rings. The summed E-state index contributed by atoms with van der Waals surface area (Å²) in [6.07, 6.45) is 4.54. The van der Waals surface area contributed by atoms with Crippen molar-refractivity contribution in [3.8, 4) is 0 Å². The Bertz CT molecular complexity index is 491. The van der Waals surface area contributed by atoms with Gasteiger partial charge in [0.1, 0.15) is 0 Å². The number of carbonyl (C=O) groups is 1. The topological polar surface area (TPSA) is 43.4 Å². The molecule has 1 aliphatic rings. The Morgan fingerprint density at radius 3 is 2.88 bits per heavy atom. The van der Waals surface area contributed by atoms with Gasteiger partial charge in [-0.2, -0.15) is 0 Å². The van der Waals surface area contributed by atoms with Gasteiger partial charge in [0.25, 0.3) is 0 Å². The molecule has 1 unspecified atom stereocenters. The first-order chi connectivity index (χ1) is 8.20. The van der Waals surface area contributed by atoms with Crippen molar-refractivity contribution in [2.75, 3.05) is 7.11 Å². The molecule has 1 atom stereocenters. The molecule has 90 valence electrons. The fourth-order valence-corrected chi connectivity index (χ4v) is 2.79. The summed E-state index contributed by atoms with van der Waals surface area (Å²) < 4.78 is 16.3. The van der Waals surface area contributed by atoms with E-state index in [1.54, 1.807) is 0 Å². The molecule has 0 bridgehead atoms. The monoisotopic (exact) mass is 250 g/mol. The number of rotatable bonds is 3. The Kier molecular flexibility index (Phi) is 3.74. The van der Waals surface area contributed by atoms with E-state index in [9.17, 15) is 9.00 Å². The molecule has 0 fully saturated rings. The standard InChI is InChI=1S/C13H14O3S/c1-16-13(14)7-8-17(15)12-6-5-10-3-2-4-11(10)9-12/h5-9H,2-4H2,1H3/b8-7+. The summed E-state index contributed by atoms with van der Waals surface area (Å²) >= 11 is 0. The molecular formula is C13H14O3S. The van der Waals surface area contributed by atoms with Crippen molar-refractivity contribution < 1.29 is 13.7 Å². The van der Waals surface area contributed by atoms with Crippen LogP contribution in [0.1, 0.15) is 17.5 Å².